The minimum Gasteiger partial charge on any atom is -0.380 e. The molecule has 0 bridgehead atoms. The van der Waals surface area contributed by atoms with E-state index in [2.05, 4.69) is 4.90 Å². The molecule has 1 amide bonds. The fourth-order valence-electron chi connectivity index (χ4n) is 2.10. The summed E-state index contributed by atoms with van der Waals surface area (Å²) in [6.07, 6.45) is 0. The minimum absolute atomic E-state index is 0.0805. The van der Waals surface area contributed by atoms with Gasteiger partial charge in [0.15, 0.2) is 0 Å². The smallest absolute Gasteiger partial charge is 0.240 e. The highest BCUT2D eigenvalue weighted by atomic mass is 16.5. The monoisotopic (exact) mass is 271 g/mol. The summed E-state index contributed by atoms with van der Waals surface area (Å²) >= 11 is 0. The Kier molecular flexibility index (Phi) is 6.23. The average molecular weight is 271 g/mol. The summed E-state index contributed by atoms with van der Waals surface area (Å²) < 4.78 is 5.35. The van der Waals surface area contributed by atoms with Crippen molar-refractivity contribution >= 4 is 5.91 Å². The van der Waals surface area contributed by atoms with Crippen molar-refractivity contribution in [1.29, 1.82) is 0 Å². The Morgan fingerprint density at radius 2 is 1.84 bits per heavy atom. The molecular weight excluding hydrogens is 242 g/mol. The molecule has 1 rings (SSSR count). The molecule has 1 aliphatic heterocycles. The summed E-state index contributed by atoms with van der Waals surface area (Å²) in [4.78, 5) is 16.5. The molecule has 0 saturated carbocycles. The molecule has 1 fully saturated rings. The number of hydrogen-bond donors (Lipinski definition) is 1. The first-order chi connectivity index (χ1) is 8.86. The van der Waals surface area contributed by atoms with Gasteiger partial charge in [-0.2, -0.15) is 0 Å². The maximum Gasteiger partial charge on any atom is 0.240 e. The molecule has 19 heavy (non-hydrogen) atoms. The molecule has 0 aromatic heterocycles. The van der Waals surface area contributed by atoms with Gasteiger partial charge < -0.3 is 15.4 Å². The maximum absolute atomic E-state index is 12.3. The van der Waals surface area contributed by atoms with Gasteiger partial charge in [0.25, 0.3) is 0 Å². The molecule has 0 aromatic carbocycles. The van der Waals surface area contributed by atoms with E-state index in [1.54, 1.807) is 0 Å². The lowest BCUT2D eigenvalue weighted by atomic mass is 9.86. The van der Waals surface area contributed by atoms with Crippen molar-refractivity contribution in [3.8, 4) is 0 Å². The molecule has 112 valence electrons. The van der Waals surface area contributed by atoms with Gasteiger partial charge in [0.1, 0.15) is 0 Å². The first-order valence-electron chi connectivity index (χ1n) is 7.20. The lowest BCUT2D eigenvalue weighted by Crippen LogP contribution is -2.56. The molecule has 5 heteroatoms. The van der Waals surface area contributed by atoms with Crippen LogP contribution in [0.4, 0.5) is 0 Å². The van der Waals surface area contributed by atoms with Crippen molar-refractivity contribution in [3.05, 3.63) is 0 Å². The molecule has 0 aromatic rings. The van der Waals surface area contributed by atoms with E-state index in [4.69, 9.17) is 10.5 Å². The molecule has 5 nitrogen and oxygen atoms in total. The number of amides is 1. The van der Waals surface area contributed by atoms with E-state index in [1.165, 1.54) is 0 Å². The molecule has 0 spiro atoms. The van der Waals surface area contributed by atoms with Gasteiger partial charge >= 0.3 is 0 Å². The Morgan fingerprint density at radius 1 is 1.26 bits per heavy atom. The fraction of sp³-hybridized carbons (Fsp3) is 0.929. The van der Waals surface area contributed by atoms with Crippen molar-refractivity contribution < 1.29 is 9.53 Å². The van der Waals surface area contributed by atoms with Crippen LogP contribution in [0.1, 0.15) is 27.7 Å². The van der Waals surface area contributed by atoms with Crippen LogP contribution >= 0.6 is 0 Å². The van der Waals surface area contributed by atoms with E-state index in [1.807, 2.05) is 32.6 Å². The number of piperazine rings is 1. The van der Waals surface area contributed by atoms with Gasteiger partial charge in [-0.3, -0.25) is 9.69 Å². The van der Waals surface area contributed by atoms with Gasteiger partial charge in [0.05, 0.1) is 12.6 Å². The van der Waals surface area contributed by atoms with Crippen LogP contribution in [0.5, 0.6) is 0 Å². The van der Waals surface area contributed by atoms with Crippen LogP contribution in [0.25, 0.3) is 0 Å². The average Bonchev–Trinajstić information content (AvgIpc) is 2.37. The van der Waals surface area contributed by atoms with Crippen LogP contribution in [0.3, 0.4) is 0 Å². The van der Waals surface area contributed by atoms with Crippen LogP contribution in [0.15, 0.2) is 0 Å². The lowest BCUT2D eigenvalue weighted by molar-refractivity contribution is -0.136. The second-order valence-corrected chi connectivity index (χ2v) is 6.21. The van der Waals surface area contributed by atoms with Crippen LogP contribution in [0.2, 0.25) is 0 Å². The van der Waals surface area contributed by atoms with Gasteiger partial charge in [-0.25, -0.2) is 0 Å². The highest BCUT2D eigenvalue weighted by molar-refractivity contribution is 5.82. The topological polar surface area (TPSA) is 58.8 Å². The Labute approximate surface area is 117 Å². The number of hydrogen-bond acceptors (Lipinski definition) is 4. The van der Waals surface area contributed by atoms with Crippen molar-refractivity contribution in [3.63, 3.8) is 0 Å². The van der Waals surface area contributed by atoms with Gasteiger partial charge in [0, 0.05) is 39.3 Å². The van der Waals surface area contributed by atoms with E-state index in [9.17, 15) is 4.79 Å². The largest absolute Gasteiger partial charge is 0.380 e. The number of nitrogens with two attached hydrogens (primary N) is 1. The minimum atomic E-state index is -0.414. The highest BCUT2D eigenvalue weighted by Gasteiger charge is 2.32. The van der Waals surface area contributed by atoms with Gasteiger partial charge in [0.2, 0.25) is 5.91 Å². The van der Waals surface area contributed by atoms with Gasteiger partial charge in [-0.1, -0.05) is 20.8 Å². The molecule has 1 saturated heterocycles. The molecule has 0 aliphatic carbocycles. The first kappa shape index (κ1) is 16.4. The number of rotatable bonds is 5. The normalized spacial score (nSPS) is 19.5. The summed E-state index contributed by atoms with van der Waals surface area (Å²) in [5.74, 6) is 0.0805. The summed E-state index contributed by atoms with van der Waals surface area (Å²) in [5, 5.41) is 0. The first-order valence-corrected chi connectivity index (χ1v) is 7.20. The molecule has 2 N–H and O–H groups in total. The fourth-order valence-corrected chi connectivity index (χ4v) is 2.10. The standard InChI is InChI=1S/C14H29N3O2/c1-5-19-11-10-16-6-8-17(9-7-16)13(18)12(15)14(2,3)4/h12H,5-11,15H2,1-4H3/t12-/m1/s1. The van der Waals surface area contributed by atoms with E-state index in [0.29, 0.717) is 0 Å². The van der Waals surface area contributed by atoms with E-state index >= 15 is 0 Å². The van der Waals surface area contributed by atoms with Crippen LogP contribution < -0.4 is 5.73 Å². The van der Waals surface area contributed by atoms with Crippen molar-refractivity contribution in [1.82, 2.24) is 9.80 Å². The number of carbonyl (C=O) groups excluding carboxylic acids is 1. The molecule has 1 heterocycles. The lowest BCUT2D eigenvalue weighted by Gasteiger charge is -2.38. The summed E-state index contributed by atoms with van der Waals surface area (Å²) in [6.45, 7) is 13.9. The highest BCUT2D eigenvalue weighted by Crippen LogP contribution is 2.19. The summed E-state index contributed by atoms with van der Waals surface area (Å²) in [5.41, 5.74) is 5.86. The number of carbonyl (C=O) groups is 1. The predicted molar refractivity (Wildman–Crippen MR) is 76.9 cm³/mol. The molecule has 1 aliphatic rings. The van der Waals surface area contributed by atoms with Crippen molar-refractivity contribution in [2.75, 3.05) is 45.9 Å². The molecule has 0 radical (unpaired) electrons. The zero-order valence-electron chi connectivity index (χ0n) is 12.8. The van der Waals surface area contributed by atoms with Crippen molar-refractivity contribution in [2.24, 2.45) is 11.1 Å². The summed E-state index contributed by atoms with van der Waals surface area (Å²) in [6, 6.07) is -0.414. The molecular formula is C14H29N3O2. The van der Waals surface area contributed by atoms with Gasteiger partial charge in [-0.05, 0) is 12.3 Å². The SMILES string of the molecule is CCOCCN1CCN(C(=O)[C@@H](N)C(C)(C)C)CC1. The quantitative estimate of drug-likeness (QED) is 0.742. The van der Waals surface area contributed by atoms with Gasteiger partial charge in [-0.15, -0.1) is 0 Å². The predicted octanol–water partition coefficient (Wildman–Crippen LogP) is 0.541. The Balaban J connectivity index is 2.35. The zero-order chi connectivity index (χ0) is 14.5. The molecule has 0 unspecified atom stereocenters. The van der Waals surface area contributed by atoms with E-state index in [-0.39, 0.29) is 11.3 Å². The Bertz CT molecular complexity index is 281. The van der Waals surface area contributed by atoms with E-state index in [0.717, 1.165) is 45.9 Å². The third kappa shape index (κ3) is 5.09. The third-order valence-corrected chi connectivity index (χ3v) is 3.64. The number of ether oxygens (including phenoxy) is 1. The number of nitrogens with zero attached hydrogens (tertiary/aromatic N) is 2. The maximum atomic E-state index is 12.3. The van der Waals surface area contributed by atoms with Crippen LogP contribution in [-0.2, 0) is 9.53 Å². The second-order valence-electron chi connectivity index (χ2n) is 6.21. The van der Waals surface area contributed by atoms with Crippen LogP contribution in [-0.4, -0.2) is 67.7 Å². The Hall–Kier alpha value is -0.650. The second kappa shape index (κ2) is 7.22. The van der Waals surface area contributed by atoms with E-state index < -0.39 is 6.04 Å². The Morgan fingerprint density at radius 3 is 2.32 bits per heavy atom. The third-order valence-electron chi connectivity index (χ3n) is 3.64. The van der Waals surface area contributed by atoms with Crippen molar-refractivity contribution in [2.45, 2.75) is 33.7 Å². The molecule has 1 atom stereocenters. The zero-order valence-corrected chi connectivity index (χ0v) is 12.8. The summed E-state index contributed by atoms with van der Waals surface area (Å²) in [7, 11) is 0. The van der Waals surface area contributed by atoms with Crippen LogP contribution in [0, 0.1) is 5.41 Å².